The van der Waals surface area contributed by atoms with Crippen molar-refractivity contribution in [3.05, 3.63) is 18.2 Å². The highest BCUT2D eigenvalue weighted by Crippen LogP contribution is 2.26. The van der Waals surface area contributed by atoms with Gasteiger partial charge in [-0.1, -0.05) is 20.8 Å². The molecule has 2 atom stereocenters. The van der Waals surface area contributed by atoms with Gasteiger partial charge < -0.3 is 10.4 Å². The summed E-state index contributed by atoms with van der Waals surface area (Å²) in [6.45, 7) is 6.11. The Hall–Kier alpha value is -1.49. The van der Waals surface area contributed by atoms with Crippen molar-refractivity contribution in [1.29, 1.82) is 0 Å². The number of anilines is 1. The number of nitrogens with one attached hydrogen (secondary N) is 1. The molecule has 5 heteroatoms. The van der Waals surface area contributed by atoms with Crippen molar-refractivity contribution in [2.45, 2.75) is 51.6 Å². The van der Waals surface area contributed by atoms with Crippen molar-refractivity contribution >= 4 is 11.6 Å². The van der Waals surface area contributed by atoms with Crippen LogP contribution in [0.15, 0.2) is 12.4 Å². The fourth-order valence-electron chi connectivity index (χ4n) is 2.26. The van der Waals surface area contributed by atoms with E-state index in [1.807, 2.05) is 20.8 Å². The number of carbonyl (C=O) groups excluding carboxylic acids is 1. The number of carbonyl (C=O) groups is 1. The molecule has 0 aromatic carbocycles. The molecule has 0 saturated heterocycles. The Morgan fingerprint density at radius 3 is 2.42 bits per heavy atom. The Bertz CT molecular complexity index is 451. The zero-order valence-electron chi connectivity index (χ0n) is 11.7. The summed E-state index contributed by atoms with van der Waals surface area (Å²) in [7, 11) is 0. The van der Waals surface area contributed by atoms with Gasteiger partial charge in [0, 0.05) is 5.41 Å². The molecule has 2 rings (SSSR count). The van der Waals surface area contributed by atoms with E-state index in [0.29, 0.717) is 12.1 Å². The average Bonchev–Trinajstić information content (AvgIpc) is 2.75. The molecule has 19 heavy (non-hydrogen) atoms. The SMILES string of the molecule is CC(C)(C)c1ncc(NC(=O)C2CCCC2O)cn1. The van der Waals surface area contributed by atoms with Crippen molar-refractivity contribution in [2.24, 2.45) is 5.92 Å². The van der Waals surface area contributed by atoms with Crippen LogP contribution >= 0.6 is 0 Å². The fraction of sp³-hybridized carbons (Fsp3) is 0.643. The lowest BCUT2D eigenvalue weighted by Crippen LogP contribution is -2.28. The third-order valence-corrected chi connectivity index (χ3v) is 3.41. The van der Waals surface area contributed by atoms with E-state index >= 15 is 0 Å². The Kier molecular flexibility index (Phi) is 3.85. The second-order valence-electron chi connectivity index (χ2n) is 6.14. The van der Waals surface area contributed by atoms with Gasteiger partial charge in [-0.2, -0.15) is 0 Å². The first-order valence-electron chi connectivity index (χ1n) is 6.69. The molecule has 1 aliphatic carbocycles. The van der Waals surface area contributed by atoms with E-state index in [-0.39, 0.29) is 17.2 Å². The molecule has 0 radical (unpaired) electrons. The number of nitrogens with zero attached hydrogens (tertiary/aromatic N) is 2. The summed E-state index contributed by atoms with van der Waals surface area (Å²) in [5.74, 6) is 0.297. The highest BCUT2D eigenvalue weighted by molar-refractivity contribution is 5.92. The van der Waals surface area contributed by atoms with Gasteiger partial charge in [-0.05, 0) is 19.3 Å². The minimum atomic E-state index is -0.519. The molecule has 1 amide bonds. The van der Waals surface area contributed by atoms with Gasteiger partial charge >= 0.3 is 0 Å². The number of amides is 1. The summed E-state index contributed by atoms with van der Waals surface area (Å²) in [5, 5.41) is 12.5. The molecular formula is C14H21N3O2. The van der Waals surface area contributed by atoms with Crippen molar-refractivity contribution in [2.75, 3.05) is 5.32 Å². The summed E-state index contributed by atoms with van der Waals surface area (Å²) < 4.78 is 0. The van der Waals surface area contributed by atoms with Gasteiger partial charge in [0.2, 0.25) is 5.91 Å². The summed E-state index contributed by atoms with van der Waals surface area (Å²) in [5.41, 5.74) is 0.474. The summed E-state index contributed by atoms with van der Waals surface area (Å²) >= 11 is 0. The quantitative estimate of drug-likeness (QED) is 0.854. The Balaban J connectivity index is 2.02. The fourth-order valence-corrected chi connectivity index (χ4v) is 2.26. The number of aromatic nitrogens is 2. The Labute approximate surface area is 113 Å². The largest absolute Gasteiger partial charge is 0.392 e. The van der Waals surface area contributed by atoms with Crippen molar-refractivity contribution in [3.63, 3.8) is 0 Å². The molecule has 104 valence electrons. The van der Waals surface area contributed by atoms with Crippen LogP contribution in [0.3, 0.4) is 0 Å². The van der Waals surface area contributed by atoms with E-state index < -0.39 is 6.10 Å². The third-order valence-electron chi connectivity index (χ3n) is 3.41. The maximum atomic E-state index is 12.0. The van der Waals surface area contributed by atoms with Gasteiger partial charge in [0.05, 0.1) is 30.1 Å². The normalized spacial score (nSPS) is 23.4. The maximum absolute atomic E-state index is 12.0. The molecule has 0 bridgehead atoms. The van der Waals surface area contributed by atoms with Crippen LogP contribution in [0.5, 0.6) is 0 Å². The van der Waals surface area contributed by atoms with Crippen molar-refractivity contribution < 1.29 is 9.90 Å². The molecule has 5 nitrogen and oxygen atoms in total. The van der Waals surface area contributed by atoms with Gasteiger partial charge in [0.25, 0.3) is 0 Å². The van der Waals surface area contributed by atoms with Crippen LogP contribution in [0.25, 0.3) is 0 Å². The van der Waals surface area contributed by atoms with E-state index in [1.165, 1.54) is 0 Å². The lowest BCUT2D eigenvalue weighted by atomic mass is 9.96. The summed E-state index contributed by atoms with van der Waals surface area (Å²) in [4.78, 5) is 20.5. The molecule has 0 aliphatic heterocycles. The molecule has 2 N–H and O–H groups in total. The molecule has 1 aliphatic rings. The molecule has 2 unspecified atom stereocenters. The number of aliphatic hydroxyl groups is 1. The molecule has 1 heterocycles. The summed E-state index contributed by atoms with van der Waals surface area (Å²) in [6.07, 6.45) is 5.07. The second-order valence-corrected chi connectivity index (χ2v) is 6.14. The van der Waals surface area contributed by atoms with Gasteiger partial charge in [-0.25, -0.2) is 9.97 Å². The predicted molar refractivity (Wildman–Crippen MR) is 72.7 cm³/mol. The van der Waals surface area contributed by atoms with Gasteiger partial charge in [-0.3, -0.25) is 4.79 Å². The van der Waals surface area contributed by atoms with Crippen LogP contribution in [0.1, 0.15) is 45.9 Å². The Morgan fingerprint density at radius 2 is 1.95 bits per heavy atom. The Morgan fingerprint density at radius 1 is 1.32 bits per heavy atom. The standard InChI is InChI=1S/C14H21N3O2/c1-14(2,3)13-15-7-9(8-16-13)17-12(19)10-5-4-6-11(10)18/h7-8,10-11,18H,4-6H2,1-3H3,(H,17,19). The first-order chi connectivity index (χ1) is 8.88. The minimum absolute atomic E-state index is 0.107. The van der Waals surface area contributed by atoms with Crippen molar-refractivity contribution in [1.82, 2.24) is 9.97 Å². The zero-order chi connectivity index (χ0) is 14.0. The van der Waals surface area contributed by atoms with E-state index in [9.17, 15) is 9.90 Å². The molecule has 0 spiro atoms. The van der Waals surface area contributed by atoms with Crippen LogP contribution in [-0.2, 0) is 10.2 Å². The molecule has 1 aromatic rings. The minimum Gasteiger partial charge on any atom is -0.392 e. The second kappa shape index (κ2) is 5.25. The molecular weight excluding hydrogens is 242 g/mol. The smallest absolute Gasteiger partial charge is 0.230 e. The lowest BCUT2D eigenvalue weighted by Gasteiger charge is -2.17. The maximum Gasteiger partial charge on any atom is 0.230 e. The van der Waals surface area contributed by atoms with E-state index in [1.54, 1.807) is 12.4 Å². The first-order valence-corrected chi connectivity index (χ1v) is 6.69. The lowest BCUT2D eigenvalue weighted by molar-refractivity contribution is -0.122. The number of hydrogen-bond acceptors (Lipinski definition) is 4. The van der Waals surface area contributed by atoms with Crippen LogP contribution in [-0.4, -0.2) is 27.1 Å². The number of aliphatic hydroxyl groups excluding tert-OH is 1. The van der Waals surface area contributed by atoms with Crippen LogP contribution in [0.4, 0.5) is 5.69 Å². The predicted octanol–water partition coefficient (Wildman–Crippen LogP) is 1.87. The average molecular weight is 263 g/mol. The van der Waals surface area contributed by atoms with Gasteiger partial charge in [-0.15, -0.1) is 0 Å². The van der Waals surface area contributed by atoms with E-state index in [4.69, 9.17) is 0 Å². The topological polar surface area (TPSA) is 75.1 Å². The zero-order valence-corrected chi connectivity index (χ0v) is 11.7. The molecule has 1 fully saturated rings. The highest BCUT2D eigenvalue weighted by atomic mass is 16.3. The summed E-state index contributed by atoms with van der Waals surface area (Å²) in [6, 6.07) is 0. The van der Waals surface area contributed by atoms with E-state index in [2.05, 4.69) is 15.3 Å². The van der Waals surface area contributed by atoms with E-state index in [0.717, 1.165) is 18.7 Å². The third kappa shape index (κ3) is 3.29. The number of rotatable bonds is 2. The van der Waals surface area contributed by atoms with Gasteiger partial charge in [0.1, 0.15) is 5.82 Å². The number of hydrogen-bond donors (Lipinski definition) is 2. The highest BCUT2D eigenvalue weighted by Gasteiger charge is 2.31. The molecule has 1 aromatic heterocycles. The van der Waals surface area contributed by atoms with Gasteiger partial charge in [0.15, 0.2) is 0 Å². The monoisotopic (exact) mass is 263 g/mol. The van der Waals surface area contributed by atoms with Crippen LogP contribution in [0.2, 0.25) is 0 Å². The molecule has 1 saturated carbocycles. The van der Waals surface area contributed by atoms with Crippen molar-refractivity contribution in [3.8, 4) is 0 Å². The van der Waals surface area contributed by atoms with Crippen LogP contribution < -0.4 is 5.32 Å². The van der Waals surface area contributed by atoms with Crippen LogP contribution in [0, 0.1) is 5.92 Å². The first kappa shape index (κ1) is 13.9.